The van der Waals surface area contributed by atoms with Crippen LogP contribution in [0, 0.1) is 23.7 Å². The van der Waals surface area contributed by atoms with Crippen LogP contribution in [0.2, 0.25) is 0 Å². The number of hydrogen-bond acceptors (Lipinski definition) is 8. The van der Waals surface area contributed by atoms with Gasteiger partial charge in [0.1, 0.15) is 21.2 Å². The van der Waals surface area contributed by atoms with Crippen molar-refractivity contribution in [2.75, 3.05) is 18.1 Å². The number of aliphatic hydroxyl groups is 1. The van der Waals surface area contributed by atoms with E-state index in [1.54, 1.807) is 5.38 Å². The van der Waals surface area contributed by atoms with Gasteiger partial charge >= 0.3 is 0 Å². The van der Waals surface area contributed by atoms with Crippen molar-refractivity contribution in [2.24, 2.45) is 28.1 Å². The second-order valence-electron chi connectivity index (χ2n) is 11.1. The fourth-order valence-corrected chi connectivity index (χ4v) is 10.2. The fraction of sp³-hybridized carbons (Fsp3) is 0.667. The SMILES string of the molecule is CS(=O)(=O)NCc1csc2c1S(=O)(=O)N=C(C1=C(O)[C@@H]3[C@H]4CC[C@H](C4)[C@@H]3N(CC3CCCCC3)C1=O)N2. The molecule has 3 heterocycles. The van der Waals surface area contributed by atoms with E-state index >= 15 is 0 Å². The van der Waals surface area contributed by atoms with Gasteiger partial charge in [0.15, 0.2) is 5.84 Å². The fourth-order valence-electron chi connectivity index (χ4n) is 7.21. The number of fused-ring (bicyclic) bond motifs is 6. The molecular weight excluding hydrogens is 536 g/mol. The highest BCUT2D eigenvalue weighted by Crippen LogP contribution is 2.55. The van der Waals surface area contributed by atoms with E-state index in [0.717, 1.165) is 62.5 Å². The lowest BCUT2D eigenvalue weighted by atomic mass is 9.77. The van der Waals surface area contributed by atoms with Crippen molar-refractivity contribution in [1.29, 1.82) is 0 Å². The zero-order valence-corrected chi connectivity index (χ0v) is 23.1. The molecule has 0 aromatic carbocycles. The molecular formula is C24H32N4O6S3. The monoisotopic (exact) mass is 568 g/mol. The van der Waals surface area contributed by atoms with Gasteiger partial charge in [-0.2, -0.15) is 8.42 Å². The van der Waals surface area contributed by atoms with Crippen molar-refractivity contribution < 1.29 is 26.7 Å². The molecule has 4 atom stereocenters. The predicted molar refractivity (Wildman–Crippen MR) is 140 cm³/mol. The molecule has 1 aromatic rings. The number of hydrogen-bond donors (Lipinski definition) is 3. The molecule has 1 amide bonds. The summed E-state index contributed by atoms with van der Waals surface area (Å²) in [5, 5.41) is 16.3. The van der Waals surface area contributed by atoms with E-state index in [4.69, 9.17) is 0 Å². The van der Waals surface area contributed by atoms with Crippen LogP contribution in [0.5, 0.6) is 0 Å². The molecule has 6 rings (SSSR count). The van der Waals surface area contributed by atoms with Crippen molar-refractivity contribution in [3.63, 3.8) is 0 Å². The van der Waals surface area contributed by atoms with Gasteiger partial charge in [-0.1, -0.05) is 19.3 Å². The number of aliphatic hydroxyl groups excluding tert-OH is 1. The Hall–Kier alpha value is -1.96. The van der Waals surface area contributed by atoms with Gasteiger partial charge < -0.3 is 15.3 Å². The number of nitrogens with one attached hydrogen (secondary N) is 2. The Kier molecular flexibility index (Phi) is 6.20. The molecule has 3 saturated carbocycles. The molecule has 0 unspecified atom stereocenters. The van der Waals surface area contributed by atoms with Crippen molar-refractivity contribution in [3.05, 3.63) is 22.3 Å². The van der Waals surface area contributed by atoms with E-state index in [1.807, 2.05) is 4.90 Å². The molecule has 202 valence electrons. The number of carbonyl (C=O) groups excluding carboxylic acids is 1. The minimum atomic E-state index is -4.23. The number of sulfonamides is 2. The van der Waals surface area contributed by atoms with Gasteiger partial charge in [-0.3, -0.25) is 4.79 Å². The summed E-state index contributed by atoms with van der Waals surface area (Å²) in [6.07, 6.45) is 9.73. The Bertz CT molecular complexity index is 1410. The Balaban J connectivity index is 1.36. The normalized spacial score (nSPS) is 31.2. The minimum absolute atomic E-state index is 0.0382. The van der Waals surface area contributed by atoms with Gasteiger partial charge in [0, 0.05) is 30.6 Å². The highest BCUT2D eigenvalue weighted by Gasteiger charge is 2.57. The van der Waals surface area contributed by atoms with Crippen LogP contribution in [0.1, 0.15) is 56.9 Å². The summed E-state index contributed by atoms with van der Waals surface area (Å²) in [6, 6.07) is -0.0382. The summed E-state index contributed by atoms with van der Waals surface area (Å²) in [5.74, 6) is 0.331. The molecule has 0 radical (unpaired) electrons. The van der Waals surface area contributed by atoms with Crippen LogP contribution in [-0.2, 0) is 31.4 Å². The molecule has 3 aliphatic carbocycles. The summed E-state index contributed by atoms with van der Waals surface area (Å²) in [7, 11) is -7.76. The van der Waals surface area contributed by atoms with E-state index in [0.29, 0.717) is 18.4 Å². The minimum Gasteiger partial charge on any atom is -0.511 e. The van der Waals surface area contributed by atoms with Crippen molar-refractivity contribution in [1.82, 2.24) is 9.62 Å². The maximum Gasteiger partial charge on any atom is 0.287 e. The third kappa shape index (κ3) is 4.41. The average molecular weight is 569 g/mol. The van der Waals surface area contributed by atoms with E-state index in [1.165, 1.54) is 6.42 Å². The number of rotatable bonds is 6. The van der Waals surface area contributed by atoms with Gasteiger partial charge in [0.25, 0.3) is 15.9 Å². The lowest BCUT2D eigenvalue weighted by Gasteiger charge is -2.45. The summed E-state index contributed by atoms with van der Waals surface area (Å²) in [5.41, 5.74) is 0.240. The second kappa shape index (κ2) is 9.06. The van der Waals surface area contributed by atoms with Crippen LogP contribution < -0.4 is 10.0 Å². The quantitative estimate of drug-likeness (QED) is 0.478. The number of thiophene rings is 1. The number of amidine groups is 1. The van der Waals surface area contributed by atoms with Gasteiger partial charge in [-0.05, 0) is 55.2 Å². The first-order valence-corrected chi connectivity index (χ1v) is 17.2. The lowest BCUT2D eigenvalue weighted by Crippen LogP contribution is -2.55. The number of amides is 1. The van der Waals surface area contributed by atoms with Crippen LogP contribution in [0.25, 0.3) is 0 Å². The maximum absolute atomic E-state index is 14.0. The topological polar surface area (TPSA) is 145 Å². The number of anilines is 1. The highest BCUT2D eigenvalue weighted by atomic mass is 32.2. The smallest absolute Gasteiger partial charge is 0.287 e. The summed E-state index contributed by atoms with van der Waals surface area (Å²) in [6.45, 7) is 0.441. The van der Waals surface area contributed by atoms with E-state index < -0.39 is 20.0 Å². The molecule has 3 N–H and O–H groups in total. The summed E-state index contributed by atoms with van der Waals surface area (Å²) in [4.78, 5) is 15.8. The van der Waals surface area contributed by atoms with Gasteiger partial charge in [0.05, 0.1) is 6.26 Å². The zero-order valence-electron chi connectivity index (χ0n) is 20.6. The van der Waals surface area contributed by atoms with E-state index in [2.05, 4.69) is 14.4 Å². The van der Waals surface area contributed by atoms with Crippen LogP contribution in [-0.4, -0.2) is 57.4 Å². The predicted octanol–water partition coefficient (Wildman–Crippen LogP) is 2.96. The molecule has 0 spiro atoms. The third-order valence-corrected chi connectivity index (χ3v) is 11.9. The Labute approximate surface area is 221 Å². The first kappa shape index (κ1) is 25.3. The molecule has 1 aromatic heterocycles. The number of nitrogens with zero attached hydrogens (tertiary/aromatic N) is 2. The van der Waals surface area contributed by atoms with E-state index in [-0.39, 0.29) is 63.0 Å². The molecule has 2 aliphatic heterocycles. The Morgan fingerprint density at radius 1 is 1.19 bits per heavy atom. The number of carbonyl (C=O) groups is 1. The third-order valence-electron chi connectivity index (χ3n) is 8.74. The first-order chi connectivity index (χ1) is 17.5. The van der Waals surface area contributed by atoms with Crippen LogP contribution >= 0.6 is 11.3 Å². The highest BCUT2D eigenvalue weighted by molar-refractivity contribution is 7.91. The summed E-state index contributed by atoms with van der Waals surface area (Å²) < 4.78 is 55.9. The largest absolute Gasteiger partial charge is 0.511 e. The molecule has 10 nitrogen and oxygen atoms in total. The molecule has 0 saturated heterocycles. The molecule has 3 fully saturated rings. The lowest BCUT2D eigenvalue weighted by molar-refractivity contribution is -0.134. The molecule has 13 heteroatoms. The molecule has 2 bridgehead atoms. The first-order valence-electron chi connectivity index (χ1n) is 12.9. The van der Waals surface area contributed by atoms with Crippen molar-refractivity contribution in [3.8, 4) is 0 Å². The average Bonchev–Trinajstić information content (AvgIpc) is 3.55. The van der Waals surface area contributed by atoms with Crippen molar-refractivity contribution in [2.45, 2.75) is 68.8 Å². The van der Waals surface area contributed by atoms with Gasteiger partial charge in [-0.25, -0.2) is 13.1 Å². The van der Waals surface area contributed by atoms with Crippen LogP contribution in [0.4, 0.5) is 5.00 Å². The van der Waals surface area contributed by atoms with Crippen LogP contribution in [0.15, 0.2) is 26.0 Å². The second-order valence-corrected chi connectivity index (χ2v) is 15.4. The van der Waals surface area contributed by atoms with Crippen molar-refractivity contribution >= 4 is 48.1 Å². The standard InChI is InChI=1S/C24H32N4O6S3/c1-36(31,32)25-10-16-12-35-23-21(16)37(33,34)27-22(26-23)18-20(29)17-14-7-8-15(9-14)19(17)28(24(18)30)11-13-5-3-2-4-6-13/h12-15,17,19,25,29H,2-11H2,1H3,(H,26,27)/t14-,15+,17+,19-/m0/s1. The van der Waals surface area contributed by atoms with Crippen LogP contribution in [0.3, 0.4) is 0 Å². The summed E-state index contributed by atoms with van der Waals surface area (Å²) >= 11 is 1.10. The molecule has 5 aliphatic rings. The maximum atomic E-state index is 14.0. The van der Waals surface area contributed by atoms with Gasteiger partial charge in [-0.15, -0.1) is 15.7 Å². The van der Waals surface area contributed by atoms with Gasteiger partial charge in [0.2, 0.25) is 10.0 Å². The Morgan fingerprint density at radius 3 is 2.65 bits per heavy atom. The molecule has 37 heavy (non-hydrogen) atoms. The zero-order chi connectivity index (χ0) is 26.1. The Morgan fingerprint density at radius 2 is 1.92 bits per heavy atom. The van der Waals surface area contributed by atoms with E-state index in [9.17, 15) is 26.7 Å².